The van der Waals surface area contributed by atoms with Crippen LogP contribution >= 0.6 is 24.0 Å². The molecule has 2 aromatic rings. The highest BCUT2D eigenvalue weighted by Gasteiger charge is 2.34. The maximum Gasteiger partial charge on any atom is 0.270 e. The Labute approximate surface area is 154 Å². The summed E-state index contributed by atoms with van der Waals surface area (Å²) in [6.45, 7) is 3.89. The van der Waals surface area contributed by atoms with Crippen molar-refractivity contribution in [2.24, 2.45) is 0 Å². The molecule has 0 atom stereocenters. The lowest BCUT2D eigenvalue weighted by molar-refractivity contribution is -0.384. The zero-order chi connectivity index (χ0) is 18.1. The van der Waals surface area contributed by atoms with Gasteiger partial charge in [0.2, 0.25) is 0 Å². The fourth-order valence-corrected chi connectivity index (χ4v) is 3.80. The van der Waals surface area contributed by atoms with Crippen LogP contribution in [0.15, 0.2) is 47.4 Å². The number of anilines is 1. The van der Waals surface area contributed by atoms with Crippen LogP contribution in [-0.2, 0) is 4.79 Å². The second-order valence-electron chi connectivity index (χ2n) is 5.66. The second kappa shape index (κ2) is 6.78. The number of amides is 1. The summed E-state index contributed by atoms with van der Waals surface area (Å²) >= 11 is 6.58. The Morgan fingerprint density at radius 1 is 1.20 bits per heavy atom. The quantitative estimate of drug-likeness (QED) is 0.341. The summed E-state index contributed by atoms with van der Waals surface area (Å²) in [5.74, 6) is -0.213. The average Bonchev–Trinajstić information content (AvgIpc) is 2.84. The minimum atomic E-state index is -0.460. The number of hydrogen-bond donors (Lipinski definition) is 0. The first kappa shape index (κ1) is 17.3. The molecule has 3 rings (SSSR count). The van der Waals surface area contributed by atoms with E-state index < -0.39 is 4.92 Å². The zero-order valence-corrected chi connectivity index (χ0v) is 15.2. The average molecular weight is 370 g/mol. The van der Waals surface area contributed by atoms with Gasteiger partial charge in [-0.25, -0.2) is 0 Å². The summed E-state index contributed by atoms with van der Waals surface area (Å²) in [6, 6.07) is 12.0. The van der Waals surface area contributed by atoms with E-state index in [0.717, 1.165) is 16.8 Å². The molecule has 0 bridgehead atoms. The molecule has 0 spiro atoms. The molecule has 5 nitrogen and oxygen atoms in total. The van der Waals surface area contributed by atoms with Gasteiger partial charge in [0.1, 0.15) is 0 Å². The highest BCUT2D eigenvalue weighted by atomic mass is 32.2. The van der Waals surface area contributed by atoms with Crippen LogP contribution in [0, 0.1) is 24.0 Å². The number of hydrogen-bond acceptors (Lipinski definition) is 5. The van der Waals surface area contributed by atoms with Gasteiger partial charge >= 0.3 is 0 Å². The van der Waals surface area contributed by atoms with Crippen molar-refractivity contribution in [2.75, 3.05) is 4.90 Å². The predicted octanol–water partition coefficient (Wildman–Crippen LogP) is 4.62. The number of thioether (sulfide) groups is 1. The lowest BCUT2D eigenvalue weighted by Crippen LogP contribution is -2.28. The smallest absolute Gasteiger partial charge is 0.268 e. The van der Waals surface area contributed by atoms with Crippen molar-refractivity contribution in [3.05, 3.63) is 74.2 Å². The maximum atomic E-state index is 12.8. The van der Waals surface area contributed by atoms with Crippen LogP contribution in [0.3, 0.4) is 0 Å². The third-order valence-electron chi connectivity index (χ3n) is 3.78. The van der Waals surface area contributed by atoms with Gasteiger partial charge in [-0.15, -0.1) is 0 Å². The van der Waals surface area contributed by atoms with Crippen molar-refractivity contribution in [3.63, 3.8) is 0 Å². The van der Waals surface area contributed by atoms with E-state index >= 15 is 0 Å². The summed E-state index contributed by atoms with van der Waals surface area (Å²) in [6.07, 6.45) is 1.64. The van der Waals surface area contributed by atoms with Crippen molar-refractivity contribution in [1.29, 1.82) is 0 Å². The normalized spacial score (nSPS) is 15.9. The number of nitro groups is 1. The van der Waals surface area contributed by atoms with E-state index in [-0.39, 0.29) is 11.6 Å². The van der Waals surface area contributed by atoms with Gasteiger partial charge in [0.25, 0.3) is 11.6 Å². The largest absolute Gasteiger partial charge is 0.270 e. The monoisotopic (exact) mass is 370 g/mol. The van der Waals surface area contributed by atoms with Gasteiger partial charge in [0, 0.05) is 12.1 Å². The Hall–Kier alpha value is -2.51. The summed E-state index contributed by atoms with van der Waals surface area (Å²) in [4.78, 5) is 25.2. The highest BCUT2D eigenvalue weighted by molar-refractivity contribution is 8.27. The van der Waals surface area contributed by atoms with Crippen molar-refractivity contribution in [3.8, 4) is 0 Å². The van der Waals surface area contributed by atoms with E-state index in [1.165, 1.54) is 28.8 Å². The van der Waals surface area contributed by atoms with E-state index in [9.17, 15) is 14.9 Å². The minimum Gasteiger partial charge on any atom is -0.268 e. The molecular formula is C18H14N2O3S2. The predicted molar refractivity (Wildman–Crippen MR) is 105 cm³/mol. The molecular weight excluding hydrogens is 356 g/mol. The third-order valence-corrected chi connectivity index (χ3v) is 5.08. The number of rotatable bonds is 3. The lowest BCUT2D eigenvalue weighted by atomic mass is 10.1. The van der Waals surface area contributed by atoms with Crippen LogP contribution in [0.5, 0.6) is 0 Å². The van der Waals surface area contributed by atoms with Gasteiger partial charge in [-0.1, -0.05) is 48.2 Å². The van der Waals surface area contributed by atoms with Crippen LogP contribution in [0.25, 0.3) is 6.08 Å². The van der Waals surface area contributed by atoms with Gasteiger partial charge in [-0.2, -0.15) is 0 Å². The number of nitrogens with zero attached hydrogens (tertiary/aromatic N) is 2. The Bertz CT molecular complexity index is 938. The van der Waals surface area contributed by atoms with Gasteiger partial charge in [-0.05, 0) is 42.7 Å². The van der Waals surface area contributed by atoms with Crippen LogP contribution in [0.1, 0.15) is 16.7 Å². The topological polar surface area (TPSA) is 63.5 Å². The number of benzene rings is 2. The molecule has 7 heteroatoms. The number of thiocarbonyl (C=S) groups is 1. The fourth-order valence-electron chi connectivity index (χ4n) is 2.52. The van der Waals surface area contributed by atoms with E-state index in [1.54, 1.807) is 18.2 Å². The van der Waals surface area contributed by atoms with Gasteiger partial charge in [0.15, 0.2) is 4.32 Å². The number of carbonyl (C=O) groups excluding carboxylic acids is 1. The first-order valence-corrected chi connectivity index (χ1v) is 8.69. The molecule has 1 aliphatic rings. The number of carbonyl (C=O) groups is 1. The van der Waals surface area contributed by atoms with E-state index in [1.807, 2.05) is 32.0 Å². The summed E-state index contributed by atoms with van der Waals surface area (Å²) < 4.78 is 0.454. The molecule has 1 amide bonds. The standard InChI is InChI=1S/C18H14N2O3S2/c1-11-6-7-12(2)15(8-11)19-17(21)16(25-18(19)24)10-13-4-3-5-14(9-13)20(22)23/h3-10H,1-2H3. The van der Waals surface area contributed by atoms with Crippen molar-refractivity contribution >= 4 is 51.7 Å². The maximum absolute atomic E-state index is 12.8. The van der Waals surface area contributed by atoms with E-state index in [4.69, 9.17) is 12.2 Å². The molecule has 0 aliphatic carbocycles. The van der Waals surface area contributed by atoms with Gasteiger partial charge in [-0.3, -0.25) is 19.8 Å². The van der Waals surface area contributed by atoms with Crippen LogP contribution in [0.4, 0.5) is 11.4 Å². The second-order valence-corrected chi connectivity index (χ2v) is 7.33. The highest BCUT2D eigenvalue weighted by Crippen LogP contribution is 2.37. The summed E-state index contributed by atoms with van der Waals surface area (Å²) in [5.41, 5.74) is 3.34. The van der Waals surface area contributed by atoms with Crippen LogP contribution in [0.2, 0.25) is 0 Å². The molecule has 25 heavy (non-hydrogen) atoms. The van der Waals surface area contributed by atoms with Crippen LogP contribution < -0.4 is 4.90 Å². The van der Waals surface area contributed by atoms with Gasteiger partial charge < -0.3 is 0 Å². The first-order valence-electron chi connectivity index (χ1n) is 7.46. The van der Waals surface area contributed by atoms with Crippen LogP contribution in [-0.4, -0.2) is 15.2 Å². The van der Waals surface area contributed by atoms with Gasteiger partial charge in [0.05, 0.1) is 15.5 Å². The van der Waals surface area contributed by atoms with Crippen molar-refractivity contribution in [2.45, 2.75) is 13.8 Å². The first-order chi connectivity index (χ1) is 11.9. The summed E-state index contributed by atoms with van der Waals surface area (Å²) in [5, 5.41) is 10.9. The molecule has 1 heterocycles. The Morgan fingerprint density at radius 2 is 1.96 bits per heavy atom. The molecule has 1 aliphatic heterocycles. The molecule has 126 valence electrons. The third kappa shape index (κ3) is 3.47. The van der Waals surface area contributed by atoms with E-state index in [2.05, 4.69) is 0 Å². The molecule has 0 saturated carbocycles. The number of non-ortho nitro benzene ring substituents is 1. The van der Waals surface area contributed by atoms with Crippen molar-refractivity contribution in [1.82, 2.24) is 0 Å². The summed E-state index contributed by atoms with van der Waals surface area (Å²) in [7, 11) is 0. The molecule has 1 fully saturated rings. The fraction of sp³-hybridized carbons (Fsp3) is 0.111. The van der Waals surface area contributed by atoms with E-state index in [0.29, 0.717) is 14.8 Å². The number of nitro benzene ring substituents is 1. The molecule has 0 radical (unpaired) electrons. The SMILES string of the molecule is Cc1ccc(C)c(N2C(=O)C(=Cc3cccc([N+](=O)[O-])c3)SC2=S)c1. The Balaban J connectivity index is 1.97. The molecule has 0 aromatic heterocycles. The minimum absolute atomic E-state index is 0.0150. The van der Waals surface area contributed by atoms with Crippen molar-refractivity contribution < 1.29 is 9.72 Å². The molecule has 2 aromatic carbocycles. The Kier molecular flexibility index (Phi) is 4.69. The lowest BCUT2D eigenvalue weighted by Gasteiger charge is -2.17. The molecule has 0 N–H and O–H groups in total. The number of aryl methyl sites for hydroxylation is 2. The Morgan fingerprint density at radius 3 is 2.68 bits per heavy atom. The molecule has 0 unspecified atom stereocenters. The zero-order valence-electron chi connectivity index (χ0n) is 13.6. The molecule has 1 saturated heterocycles.